The molecule has 0 fully saturated rings. The van der Waals surface area contributed by atoms with Gasteiger partial charge in [0.15, 0.2) is 0 Å². The first-order chi connectivity index (χ1) is 8.49. The summed E-state index contributed by atoms with van der Waals surface area (Å²) in [6.45, 7) is 3.29. The van der Waals surface area contributed by atoms with Crippen LogP contribution in [0.2, 0.25) is 0 Å². The van der Waals surface area contributed by atoms with Gasteiger partial charge in [-0.1, -0.05) is 13.0 Å². The first-order valence-corrected chi connectivity index (χ1v) is 5.66. The van der Waals surface area contributed by atoms with E-state index in [4.69, 9.17) is 5.11 Å². The summed E-state index contributed by atoms with van der Waals surface area (Å²) in [7, 11) is 0. The van der Waals surface area contributed by atoms with Crippen molar-refractivity contribution < 1.29 is 14.8 Å². The number of amides is 1. The number of rotatable bonds is 5. The van der Waals surface area contributed by atoms with Crippen LogP contribution < -0.4 is 5.32 Å². The normalized spacial score (nSPS) is 11.9. The van der Waals surface area contributed by atoms with Gasteiger partial charge in [-0.15, -0.1) is 0 Å². The highest BCUT2D eigenvalue weighted by Crippen LogP contribution is 2.19. The van der Waals surface area contributed by atoms with Crippen LogP contribution in [0.3, 0.4) is 0 Å². The van der Waals surface area contributed by atoms with E-state index in [9.17, 15) is 14.9 Å². The van der Waals surface area contributed by atoms with E-state index in [0.717, 1.165) is 0 Å². The van der Waals surface area contributed by atoms with E-state index in [1.165, 1.54) is 18.2 Å². The van der Waals surface area contributed by atoms with Crippen molar-refractivity contribution >= 4 is 11.6 Å². The summed E-state index contributed by atoms with van der Waals surface area (Å²) in [5, 5.41) is 22.4. The number of carbonyl (C=O) groups is 1. The number of carbonyl (C=O) groups excluding carboxylic acids is 1. The molecule has 0 bridgehead atoms. The van der Waals surface area contributed by atoms with E-state index in [0.29, 0.717) is 12.0 Å². The maximum Gasteiger partial charge on any atom is 0.273 e. The monoisotopic (exact) mass is 252 g/mol. The summed E-state index contributed by atoms with van der Waals surface area (Å²) in [4.78, 5) is 22.1. The van der Waals surface area contributed by atoms with E-state index in [-0.39, 0.29) is 23.9 Å². The largest absolute Gasteiger partial charge is 0.394 e. The van der Waals surface area contributed by atoms with Crippen LogP contribution in [0.15, 0.2) is 18.2 Å². The van der Waals surface area contributed by atoms with Gasteiger partial charge in [0, 0.05) is 17.2 Å². The predicted molar refractivity (Wildman–Crippen MR) is 66.5 cm³/mol. The quantitative estimate of drug-likeness (QED) is 0.612. The van der Waals surface area contributed by atoms with Gasteiger partial charge in [0.25, 0.3) is 11.6 Å². The van der Waals surface area contributed by atoms with Gasteiger partial charge in [-0.3, -0.25) is 14.9 Å². The molecule has 0 aromatic heterocycles. The number of aliphatic hydroxyl groups is 1. The molecule has 0 aliphatic carbocycles. The molecule has 0 aliphatic heterocycles. The van der Waals surface area contributed by atoms with Gasteiger partial charge in [0.05, 0.1) is 17.6 Å². The second kappa shape index (κ2) is 6.11. The van der Waals surface area contributed by atoms with Gasteiger partial charge in [-0.25, -0.2) is 0 Å². The van der Waals surface area contributed by atoms with Crippen molar-refractivity contribution in [3.63, 3.8) is 0 Å². The fourth-order valence-electron chi connectivity index (χ4n) is 1.49. The molecule has 0 saturated carbocycles. The Kier molecular flexibility index (Phi) is 4.79. The van der Waals surface area contributed by atoms with Crippen LogP contribution in [0.5, 0.6) is 0 Å². The molecular formula is C12H16N2O4. The smallest absolute Gasteiger partial charge is 0.273 e. The summed E-state index contributed by atoms with van der Waals surface area (Å²) in [5.74, 6) is -0.418. The number of nitro groups is 1. The number of aliphatic hydroxyl groups excluding tert-OH is 1. The maximum atomic E-state index is 11.8. The molecule has 18 heavy (non-hydrogen) atoms. The standard InChI is InChI=1S/C12H16N2O4/c1-3-10(7-15)13-12(16)9-5-4-8(2)11(6-9)14(17)18/h4-6,10,15H,3,7H2,1-2H3,(H,13,16). The van der Waals surface area contributed by atoms with Gasteiger partial charge in [0.1, 0.15) is 0 Å². The molecule has 0 saturated heterocycles. The highest BCUT2D eigenvalue weighted by atomic mass is 16.6. The summed E-state index contributed by atoms with van der Waals surface area (Å²) in [6, 6.07) is 3.97. The molecule has 1 atom stereocenters. The van der Waals surface area contributed by atoms with E-state index in [2.05, 4.69) is 5.32 Å². The van der Waals surface area contributed by atoms with E-state index in [1.807, 2.05) is 6.92 Å². The van der Waals surface area contributed by atoms with Crippen LogP contribution in [-0.2, 0) is 0 Å². The minimum Gasteiger partial charge on any atom is -0.394 e. The second-order valence-electron chi connectivity index (χ2n) is 4.02. The first kappa shape index (κ1) is 14.1. The Bertz CT molecular complexity index is 455. The molecule has 0 heterocycles. The van der Waals surface area contributed by atoms with Crippen molar-refractivity contribution in [3.05, 3.63) is 39.4 Å². The number of hydrogen-bond acceptors (Lipinski definition) is 4. The summed E-state index contributed by atoms with van der Waals surface area (Å²) >= 11 is 0. The Morgan fingerprint density at radius 3 is 2.72 bits per heavy atom. The van der Waals surface area contributed by atoms with Gasteiger partial charge >= 0.3 is 0 Å². The van der Waals surface area contributed by atoms with Crippen molar-refractivity contribution in [1.29, 1.82) is 0 Å². The summed E-state index contributed by atoms with van der Waals surface area (Å²) in [5.41, 5.74) is 0.643. The Morgan fingerprint density at radius 1 is 1.56 bits per heavy atom. The molecule has 2 N–H and O–H groups in total. The molecule has 0 spiro atoms. The van der Waals surface area contributed by atoms with Gasteiger partial charge in [-0.2, -0.15) is 0 Å². The first-order valence-electron chi connectivity index (χ1n) is 5.66. The maximum absolute atomic E-state index is 11.8. The Hall–Kier alpha value is -1.95. The highest BCUT2D eigenvalue weighted by Gasteiger charge is 2.16. The molecule has 1 aromatic rings. The van der Waals surface area contributed by atoms with Crippen LogP contribution in [0.1, 0.15) is 29.3 Å². The lowest BCUT2D eigenvalue weighted by Crippen LogP contribution is -2.36. The fraction of sp³-hybridized carbons (Fsp3) is 0.417. The predicted octanol–water partition coefficient (Wildman–Crippen LogP) is 1.40. The number of benzene rings is 1. The Labute approximate surface area is 105 Å². The Balaban J connectivity index is 2.93. The molecule has 0 aliphatic rings. The molecule has 98 valence electrons. The van der Waals surface area contributed by atoms with Crippen molar-refractivity contribution in [2.24, 2.45) is 0 Å². The van der Waals surface area contributed by atoms with Crippen molar-refractivity contribution in [1.82, 2.24) is 5.32 Å². The third-order valence-electron chi connectivity index (χ3n) is 2.72. The lowest BCUT2D eigenvalue weighted by atomic mass is 10.1. The number of aryl methyl sites for hydroxylation is 1. The summed E-state index contributed by atoms with van der Waals surface area (Å²) in [6.07, 6.45) is 0.593. The number of nitrogens with zero attached hydrogens (tertiary/aromatic N) is 1. The number of nitro benzene ring substituents is 1. The van der Waals surface area contributed by atoms with Crippen LogP contribution in [-0.4, -0.2) is 28.6 Å². The average Bonchev–Trinajstić information content (AvgIpc) is 2.35. The number of hydrogen-bond donors (Lipinski definition) is 2. The Morgan fingerprint density at radius 2 is 2.22 bits per heavy atom. The third kappa shape index (κ3) is 3.27. The second-order valence-corrected chi connectivity index (χ2v) is 4.02. The lowest BCUT2D eigenvalue weighted by molar-refractivity contribution is -0.385. The molecule has 1 unspecified atom stereocenters. The fourth-order valence-corrected chi connectivity index (χ4v) is 1.49. The summed E-state index contributed by atoms with van der Waals surface area (Å²) < 4.78 is 0. The third-order valence-corrected chi connectivity index (χ3v) is 2.72. The van der Waals surface area contributed by atoms with Gasteiger partial charge < -0.3 is 10.4 Å². The molecule has 1 amide bonds. The van der Waals surface area contributed by atoms with Crippen molar-refractivity contribution in [2.45, 2.75) is 26.3 Å². The molecule has 0 radical (unpaired) electrons. The lowest BCUT2D eigenvalue weighted by Gasteiger charge is -2.13. The molecule has 1 rings (SSSR count). The van der Waals surface area contributed by atoms with Crippen LogP contribution in [0, 0.1) is 17.0 Å². The minimum absolute atomic E-state index is 0.0836. The van der Waals surface area contributed by atoms with E-state index >= 15 is 0 Å². The topological polar surface area (TPSA) is 92.5 Å². The molecule has 1 aromatic carbocycles. The SMILES string of the molecule is CCC(CO)NC(=O)c1ccc(C)c([N+](=O)[O-])c1. The number of nitrogens with one attached hydrogen (secondary N) is 1. The molecule has 6 heteroatoms. The minimum atomic E-state index is -0.518. The highest BCUT2D eigenvalue weighted by molar-refractivity contribution is 5.95. The molecule has 6 nitrogen and oxygen atoms in total. The van der Waals surface area contributed by atoms with Crippen LogP contribution in [0.4, 0.5) is 5.69 Å². The molecular weight excluding hydrogens is 236 g/mol. The van der Waals surface area contributed by atoms with Crippen LogP contribution >= 0.6 is 0 Å². The van der Waals surface area contributed by atoms with Gasteiger partial charge in [-0.05, 0) is 19.4 Å². The van der Waals surface area contributed by atoms with Gasteiger partial charge in [0.2, 0.25) is 0 Å². The zero-order valence-electron chi connectivity index (χ0n) is 10.3. The van der Waals surface area contributed by atoms with Crippen LogP contribution in [0.25, 0.3) is 0 Å². The zero-order valence-corrected chi connectivity index (χ0v) is 10.3. The van der Waals surface area contributed by atoms with E-state index in [1.54, 1.807) is 6.92 Å². The average molecular weight is 252 g/mol. The zero-order chi connectivity index (χ0) is 13.7. The van der Waals surface area contributed by atoms with Crippen molar-refractivity contribution in [2.75, 3.05) is 6.61 Å². The van der Waals surface area contributed by atoms with Crippen molar-refractivity contribution in [3.8, 4) is 0 Å². The van der Waals surface area contributed by atoms with E-state index < -0.39 is 10.8 Å².